The Balaban J connectivity index is 0.777. The molecule has 1 aliphatic heterocycles. The van der Waals surface area contributed by atoms with Gasteiger partial charge in [0.25, 0.3) is 0 Å². The lowest BCUT2D eigenvalue weighted by atomic mass is 9.91. The first kappa shape index (κ1) is 38.6. The van der Waals surface area contributed by atoms with E-state index in [0.717, 1.165) is 90.1 Å². The summed E-state index contributed by atoms with van der Waals surface area (Å²) in [7, 11) is 0. The molecule has 7 aromatic heterocycles. The van der Waals surface area contributed by atoms with E-state index in [9.17, 15) is 0 Å². The first-order chi connectivity index (χ1) is 32.7. The summed E-state index contributed by atoms with van der Waals surface area (Å²) in [6.07, 6.45) is 17.3. The fourth-order valence-electron chi connectivity index (χ4n) is 8.82. The highest BCUT2D eigenvalue weighted by atomic mass is 14.9. The molecule has 0 atom stereocenters. The smallest absolute Gasteiger partial charge is 0.0717 e. The molecule has 4 aromatic carbocycles. The molecule has 8 nitrogen and oxygen atoms in total. The lowest BCUT2D eigenvalue weighted by Gasteiger charge is -2.18. The van der Waals surface area contributed by atoms with Crippen molar-refractivity contribution < 1.29 is 0 Å². The number of pyridine rings is 7. The van der Waals surface area contributed by atoms with Gasteiger partial charge in [0.2, 0.25) is 0 Å². The third-order valence-corrected chi connectivity index (χ3v) is 12.3. The van der Waals surface area contributed by atoms with Crippen molar-refractivity contribution in [3.63, 3.8) is 0 Å². The largest absolute Gasteiger partial charge is 0.380 e. The first-order valence-corrected chi connectivity index (χ1v) is 21.9. The maximum Gasteiger partial charge on any atom is 0.0717 e. The highest BCUT2D eigenvalue weighted by Crippen LogP contribution is 2.39. The van der Waals surface area contributed by atoms with Gasteiger partial charge in [-0.3, -0.25) is 34.9 Å². The SMILES string of the molecule is C1=C(c2ccc(-c3ccc4c5ccc(-c6ccc(-c7ccc(-c8ccc(-c9ccccn9)cn8)cn7)cn6)cc5c5ccccc5c4c3)nc2)NCC(c2ccc(-c3ccccn3)cn2)=C1. The van der Waals surface area contributed by atoms with E-state index >= 15 is 0 Å². The fourth-order valence-corrected chi connectivity index (χ4v) is 8.82. The van der Waals surface area contributed by atoms with E-state index in [0.29, 0.717) is 6.54 Å². The lowest BCUT2D eigenvalue weighted by molar-refractivity contribution is 0.997. The van der Waals surface area contributed by atoms with Crippen LogP contribution in [0.15, 0.2) is 213 Å². The molecule has 11 aromatic rings. The topological polar surface area (TPSA) is 102 Å². The standard InChI is InChI=1S/C58H38N8/c1-2-8-46-45(7-1)49-29-37(53-21-13-41(33-61-53)57-25-17-43(35-65-57)55-23-15-39(31-63-55)51-9-3-5-27-59-51)11-19-47(49)48-20-12-38(30-50(46)48)54-22-14-42(34-62-54)58-26-18-44(36-66-58)56-24-16-40(32-64-56)52-10-4-6-28-60-52/h1-35,66H,36H2. The Labute approximate surface area is 380 Å². The number of benzene rings is 4. The van der Waals surface area contributed by atoms with Crippen molar-refractivity contribution in [3.05, 3.63) is 225 Å². The molecule has 0 spiro atoms. The molecule has 1 aliphatic rings. The van der Waals surface area contributed by atoms with Gasteiger partial charge in [-0.25, -0.2) is 0 Å². The zero-order valence-corrected chi connectivity index (χ0v) is 35.5. The summed E-state index contributed by atoms with van der Waals surface area (Å²) in [6, 6.07) is 54.5. The van der Waals surface area contributed by atoms with E-state index in [4.69, 9.17) is 19.9 Å². The Morgan fingerprint density at radius 3 is 1.06 bits per heavy atom. The Hall–Kier alpha value is -9.01. The van der Waals surface area contributed by atoms with E-state index in [1.807, 2.05) is 85.6 Å². The van der Waals surface area contributed by atoms with Gasteiger partial charge < -0.3 is 5.32 Å². The van der Waals surface area contributed by atoms with E-state index in [1.54, 1.807) is 12.4 Å². The summed E-state index contributed by atoms with van der Waals surface area (Å²) in [5.41, 5.74) is 15.5. The van der Waals surface area contributed by atoms with E-state index in [-0.39, 0.29) is 0 Å². The van der Waals surface area contributed by atoms with Gasteiger partial charge in [-0.05, 0) is 141 Å². The van der Waals surface area contributed by atoms with Crippen LogP contribution in [0.25, 0.3) is 111 Å². The molecule has 0 radical (unpaired) electrons. The molecule has 1 N–H and O–H groups in total. The predicted molar refractivity (Wildman–Crippen MR) is 267 cm³/mol. The van der Waals surface area contributed by atoms with Crippen molar-refractivity contribution in [3.8, 4) is 67.5 Å². The summed E-state index contributed by atoms with van der Waals surface area (Å²) >= 11 is 0. The fraction of sp³-hybridized carbons (Fsp3) is 0.0172. The normalized spacial score (nSPS) is 12.5. The molecular weight excluding hydrogens is 809 g/mol. The number of hydrogen-bond donors (Lipinski definition) is 1. The molecule has 0 unspecified atom stereocenters. The predicted octanol–water partition coefficient (Wildman–Crippen LogP) is 12.9. The second-order valence-corrected chi connectivity index (χ2v) is 16.3. The van der Waals surface area contributed by atoms with Crippen LogP contribution in [0.5, 0.6) is 0 Å². The van der Waals surface area contributed by atoms with Gasteiger partial charge in [0.1, 0.15) is 0 Å². The van der Waals surface area contributed by atoms with E-state index in [1.165, 1.54) is 32.3 Å². The van der Waals surface area contributed by atoms with Crippen LogP contribution in [0.1, 0.15) is 11.3 Å². The first-order valence-electron chi connectivity index (χ1n) is 21.9. The number of allylic oxidation sites excluding steroid dienone is 2. The summed E-state index contributed by atoms with van der Waals surface area (Å²) in [4.78, 5) is 32.9. The van der Waals surface area contributed by atoms with Gasteiger partial charge >= 0.3 is 0 Å². The number of nitrogens with one attached hydrogen (secondary N) is 1. The minimum absolute atomic E-state index is 0.677. The number of aromatic nitrogens is 7. The molecular formula is C58H38N8. The van der Waals surface area contributed by atoms with Crippen molar-refractivity contribution in [2.75, 3.05) is 6.54 Å². The highest BCUT2D eigenvalue weighted by molar-refractivity contribution is 6.26. The maximum atomic E-state index is 4.95. The molecule has 0 bridgehead atoms. The van der Waals surface area contributed by atoms with Gasteiger partial charge in [0, 0.05) is 94.6 Å². The van der Waals surface area contributed by atoms with E-state index in [2.05, 4.69) is 136 Å². The molecule has 0 saturated heterocycles. The molecule has 8 heterocycles. The number of hydrogen-bond acceptors (Lipinski definition) is 8. The van der Waals surface area contributed by atoms with Crippen LogP contribution >= 0.6 is 0 Å². The molecule has 0 saturated carbocycles. The molecule has 0 fully saturated rings. The summed E-state index contributed by atoms with van der Waals surface area (Å²) in [6.45, 7) is 0.677. The Kier molecular flexibility index (Phi) is 9.72. The van der Waals surface area contributed by atoms with Crippen LogP contribution in [-0.2, 0) is 0 Å². The summed E-state index contributed by atoms with van der Waals surface area (Å²) in [5.74, 6) is 0. The van der Waals surface area contributed by atoms with Gasteiger partial charge in [0.15, 0.2) is 0 Å². The average Bonchev–Trinajstić information content (AvgIpc) is 3.41. The van der Waals surface area contributed by atoms with Crippen LogP contribution in [0.3, 0.4) is 0 Å². The molecule has 12 rings (SSSR count). The van der Waals surface area contributed by atoms with Crippen molar-refractivity contribution in [1.29, 1.82) is 0 Å². The van der Waals surface area contributed by atoms with Crippen molar-refractivity contribution in [1.82, 2.24) is 40.2 Å². The van der Waals surface area contributed by atoms with Crippen molar-refractivity contribution in [2.45, 2.75) is 0 Å². The van der Waals surface area contributed by atoms with Gasteiger partial charge in [-0.1, -0.05) is 66.7 Å². The van der Waals surface area contributed by atoms with Crippen LogP contribution in [-0.4, -0.2) is 41.4 Å². The third kappa shape index (κ3) is 7.32. The number of rotatable bonds is 8. The van der Waals surface area contributed by atoms with Gasteiger partial charge in [-0.2, -0.15) is 0 Å². The lowest BCUT2D eigenvalue weighted by Crippen LogP contribution is -2.18. The second kappa shape index (κ2) is 16.6. The Bertz CT molecular complexity index is 3610. The number of nitrogens with zero attached hydrogens (tertiary/aromatic N) is 7. The molecule has 66 heavy (non-hydrogen) atoms. The van der Waals surface area contributed by atoms with Crippen LogP contribution in [0, 0.1) is 0 Å². The Morgan fingerprint density at radius 2 is 0.667 bits per heavy atom. The quantitative estimate of drug-likeness (QED) is 0.151. The van der Waals surface area contributed by atoms with Crippen LogP contribution < -0.4 is 5.32 Å². The number of fused-ring (bicyclic) bond motifs is 6. The Morgan fingerprint density at radius 1 is 0.288 bits per heavy atom. The highest BCUT2D eigenvalue weighted by Gasteiger charge is 2.15. The zero-order valence-electron chi connectivity index (χ0n) is 35.5. The average molecular weight is 847 g/mol. The van der Waals surface area contributed by atoms with Gasteiger partial charge in [0.05, 0.1) is 39.9 Å². The second-order valence-electron chi connectivity index (χ2n) is 16.3. The zero-order chi connectivity index (χ0) is 43.8. The summed E-state index contributed by atoms with van der Waals surface area (Å²) < 4.78 is 0. The summed E-state index contributed by atoms with van der Waals surface area (Å²) in [5, 5.41) is 10.8. The van der Waals surface area contributed by atoms with Crippen molar-refractivity contribution in [2.24, 2.45) is 0 Å². The minimum Gasteiger partial charge on any atom is -0.380 e. The molecule has 310 valence electrons. The van der Waals surface area contributed by atoms with Crippen LogP contribution in [0.2, 0.25) is 0 Å². The monoisotopic (exact) mass is 846 g/mol. The maximum absolute atomic E-state index is 4.95. The molecule has 0 aliphatic carbocycles. The number of dihydropyridines is 1. The van der Waals surface area contributed by atoms with Crippen molar-refractivity contribution >= 4 is 43.6 Å². The van der Waals surface area contributed by atoms with Crippen LogP contribution in [0.4, 0.5) is 0 Å². The molecule has 0 amide bonds. The molecule has 8 heteroatoms. The third-order valence-electron chi connectivity index (χ3n) is 12.3. The minimum atomic E-state index is 0.677. The van der Waals surface area contributed by atoms with Gasteiger partial charge in [-0.15, -0.1) is 0 Å². The van der Waals surface area contributed by atoms with E-state index < -0.39 is 0 Å².